The van der Waals surface area contributed by atoms with Gasteiger partial charge in [0.1, 0.15) is 11.4 Å². The van der Waals surface area contributed by atoms with E-state index in [2.05, 4.69) is 15.4 Å². The van der Waals surface area contributed by atoms with Crippen LogP contribution in [0, 0.1) is 0 Å². The highest BCUT2D eigenvalue weighted by Gasteiger charge is 2.21. The lowest BCUT2D eigenvalue weighted by molar-refractivity contribution is 0.101. The van der Waals surface area contributed by atoms with E-state index in [1.807, 2.05) is 37.3 Å². The number of aryl methyl sites for hydroxylation is 1. The largest absolute Gasteiger partial charge is 0.481 e. The summed E-state index contributed by atoms with van der Waals surface area (Å²) in [5.74, 6) is 0.212. The molecule has 0 atom stereocenters. The van der Waals surface area contributed by atoms with Gasteiger partial charge in [-0.2, -0.15) is 5.10 Å². The van der Waals surface area contributed by atoms with Crippen LogP contribution < -0.4 is 15.6 Å². The molecule has 0 bridgehead atoms. The van der Waals surface area contributed by atoms with E-state index < -0.39 is 0 Å². The Morgan fingerprint density at radius 3 is 2.48 bits per heavy atom. The summed E-state index contributed by atoms with van der Waals surface area (Å²) in [4.78, 5) is 29.4. The number of methoxy groups -OCH3 is 1. The first-order valence-corrected chi connectivity index (χ1v) is 8.53. The third kappa shape index (κ3) is 3.72. The highest BCUT2D eigenvalue weighted by atomic mass is 16.5. The van der Waals surface area contributed by atoms with Crippen molar-refractivity contribution in [3.63, 3.8) is 0 Å². The molecule has 7 heteroatoms. The maximum Gasteiger partial charge on any atom is 0.291 e. The number of carbonyl (C=O) groups excluding carboxylic acids is 1. The van der Waals surface area contributed by atoms with E-state index in [1.165, 1.54) is 18.7 Å². The number of aromatic nitrogens is 3. The van der Waals surface area contributed by atoms with Crippen molar-refractivity contribution in [3.8, 4) is 17.1 Å². The fraction of sp³-hybridized carbons (Fsp3) is 0.200. The van der Waals surface area contributed by atoms with E-state index in [0.717, 1.165) is 5.56 Å². The minimum absolute atomic E-state index is 0.185. The molecule has 7 nitrogen and oxygen atoms in total. The predicted molar refractivity (Wildman–Crippen MR) is 104 cm³/mol. The van der Waals surface area contributed by atoms with Crippen LogP contribution in [0.25, 0.3) is 11.3 Å². The number of nitrogens with zero attached hydrogens (tertiary/aromatic N) is 3. The summed E-state index contributed by atoms with van der Waals surface area (Å²) in [6.45, 7) is 3.64. The Bertz CT molecular complexity index is 1010. The van der Waals surface area contributed by atoms with Gasteiger partial charge < -0.3 is 10.1 Å². The second-order valence-electron chi connectivity index (χ2n) is 5.86. The number of Topliss-reactive ketones (excluding diaryl/α,β-unsaturated/α-hetero) is 1. The summed E-state index contributed by atoms with van der Waals surface area (Å²) in [5, 5.41) is 7.47. The summed E-state index contributed by atoms with van der Waals surface area (Å²) in [5.41, 5.74) is 1.88. The minimum atomic E-state index is -0.363. The van der Waals surface area contributed by atoms with Crippen LogP contribution in [0.5, 0.6) is 5.88 Å². The topological polar surface area (TPSA) is 86.1 Å². The summed E-state index contributed by atoms with van der Waals surface area (Å²) in [7, 11) is 1.53. The first-order chi connectivity index (χ1) is 13.0. The standard InChI is InChI=1S/C20H20N4O3/c1-4-24-20(26)19(22-15-10-11-16(27-3)21-12-15)17(13(2)25)18(23-24)14-8-6-5-7-9-14/h5-12,22H,4H2,1-3H3. The molecular formula is C20H20N4O3. The van der Waals surface area contributed by atoms with Crippen LogP contribution in [0.1, 0.15) is 24.2 Å². The van der Waals surface area contributed by atoms with Crippen molar-refractivity contribution in [2.75, 3.05) is 12.4 Å². The second-order valence-corrected chi connectivity index (χ2v) is 5.86. The first kappa shape index (κ1) is 18.3. The van der Waals surface area contributed by atoms with Crippen LogP contribution in [0.4, 0.5) is 11.4 Å². The van der Waals surface area contributed by atoms with Gasteiger partial charge in [0.25, 0.3) is 5.56 Å². The molecule has 0 radical (unpaired) electrons. The van der Waals surface area contributed by atoms with Gasteiger partial charge in [-0.25, -0.2) is 9.67 Å². The number of ether oxygens (including phenoxy) is 1. The van der Waals surface area contributed by atoms with Crippen LogP contribution >= 0.6 is 0 Å². The van der Waals surface area contributed by atoms with Crippen LogP contribution in [-0.4, -0.2) is 27.7 Å². The number of hydrogen-bond acceptors (Lipinski definition) is 6. The van der Waals surface area contributed by atoms with Gasteiger partial charge in [-0.15, -0.1) is 0 Å². The van der Waals surface area contributed by atoms with E-state index in [1.54, 1.807) is 18.3 Å². The molecule has 3 aromatic rings. The molecule has 1 N–H and O–H groups in total. The number of anilines is 2. The number of carbonyl (C=O) groups is 1. The van der Waals surface area contributed by atoms with Crippen molar-refractivity contribution in [2.45, 2.75) is 20.4 Å². The first-order valence-electron chi connectivity index (χ1n) is 8.53. The smallest absolute Gasteiger partial charge is 0.291 e. The molecule has 0 aliphatic heterocycles. The van der Waals surface area contributed by atoms with Crippen molar-refractivity contribution < 1.29 is 9.53 Å². The number of nitrogens with one attached hydrogen (secondary N) is 1. The van der Waals surface area contributed by atoms with Crippen LogP contribution in [0.15, 0.2) is 53.5 Å². The molecule has 1 aromatic carbocycles. The zero-order valence-corrected chi connectivity index (χ0v) is 15.4. The SMILES string of the molecule is CCn1nc(-c2ccccc2)c(C(C)=O)c(Nc2ccc(OC)nc2)c1=O. The Kier molecular flexibility index (Phi) is 5.30. The summed E-state index contributed by atoms with van der Waals surface area (Å²) in [6.07, 6.45) is 1.54. The van der Waals surface area contributed by atoms with Gasteiger partial charge in [0.15, 0.2) is 5.78 Å². The molecule has 0 spiro atoms. The molecule has 0 aliphatic rings. The second kappa shape index (κ2) is 7.82. The van der Waals surface area contributed by atoms with Gasteiger partial charge in [0, 0.05) is 18.2 Å². The average Bonchev–Trinajstić information content (AvgIpc) is 2.70. The van der Waals surface area contributed by atoms with E-state index in [0.29, 0.717) is 23.8 Å². The van der Waals surface area contributed by atoms with Gasteiger partial charge in [-0.05, 0) is 19.9 Å². The zero-order valence-electron chi connectivity index (χ0n) is 15.4. The number of benzene rings is 1. The highest BCUT2D eigenvalue weighted by molar-refractivity contribution is 6.05. The predicted octanol–water partition coefficient (Wildman–Crippen LogP) is 3.28. The molecule has 2 heterocycles. The van der Waals surface area contributed by atoms with Crippen molar-refractivity contribution in [2.24, 2.45) is 0 Å². The maximum atomic E-state index is 12.9. The molecule has 0 saturated heterocycles. The Labute approximate surface area is 156 Å². The molecule has 2 aromatic heterocycles. The number of pyridine rings is 1. The van der Waals surface area contributed by atoms with Gasteiger partial charge in [-0.1, -0.05) is 30.3 Å². The Hall–Kier alpha value is -3.48. The van der Waals surface area contributed by atoms with Crippen LogP contribution in [0.3, 0.4) is 0 Å². The highest BCUT2D eigenvalue weighted by Crippen LogP contribution is 2.27. The minimum Gasteiger partial charge on any atom is -0.481 e. The summed E-state index contributed by atoms with van der Waals surface area (Å²) in [6, 6.07) is 12.7. The maximum absolute atomic E-state index is 12.9. The van der Waals surface area contributed by atoms with Crippen LogP contribution in [-0.2, 0) is 6.54 Å². The Balaban J connectivity index is 2.21. The zero-order chi connectivity index (χ0) is 19.4. The Morgan fingerprint density at radius 2 is 1.93 bits per heavy atom. The van der Waals surface area contributed by atoms with E-state index >= 15 is 0 Å². The van der Waals surface area contributed by atoms with Crippen molar-refractivity contribution in [3.05, 3.63) is 64.6 Å². The monoisotopic (exact) mass is 364 g/mol. The third-order valence-electron chi connectivity index (χ3n) is 4.07. The van der Waals surface area contributed by atoms with E-state index in [9.17, 15) is 9.59 Å². The molecule has 27 heavy (non-hydrogen) atoms. The fourth-order valence-corrected chi connectivity index (χ4v) is 2.76. The lowest BCUT2D eigenvalue weighted by Crippen LogP contribution is -2.28. The van der Waals surface area contributed by atoms with E-state index in [4.69, 9.17) is 4.74 Å². The van der Waals surface area contributed by atoms with Gasteiger partial charge >= 0.3 is 0 Å². The van der Waals surface area contributed by atoms with Crippen molar-refractivity contribution in [1.29, 1.82) is 0 Å². The average molecular weight is 364 g/mol. The molecule has 0 fully saturated rings. The quantitative estimate of drug-likeness (QED) is 0.676. The molecule has 0 amide bonds. The summed E-state index contributed by atoms with van der Waals surface area (Å²) >= 11 is 0. The molecule has 138 valence electrons. The Morgan fingerprint density at radius 1 is 1.19 bits per heavy atom. The van der Waals surface area contributed by atoms with Crippen molar-refractivity contribution >= 4 is 17.2 Å². The summed E-state index contributed by atoms with van der Waals surface area (Å²) < 4.78 is 6.39. The van der Waals surface area contributed by atoms with Crippen LogP contribution in [0.2, 0.25) is 0 Å². The van der Waals surface area contributed by atoms with Gasteiger partial charge in [0.2, 0.25) is 5.88 Å². The molecule has 0 unspecified atom stereocenters. The molecular weight excluding hydrogens is 344 g/mol. The third-order valence-corrected chi connectivity index (χ3v) is 4.07. The normalized spacial score (nSPS) is 10.5. The van der Waals surface area contributed by atoms with Gasteiger partial charge in [-0.3, -0.25) is 9.59 Å². The fourth-order valence-electron chi connectivity index (χ4n) is 2.76. The number of ketones is 1. The lowest BCUT2D eigenvalue weighted by atomic mass is 10.0. The molecule has 0 aliphatic carbocycles. The molecule has 0 saturated carbocycles. The molecule has 3 rings (SSSR count). The van der Waals surface area contributed by atoms with Crippen molar-refractivity contribution in [1.82, 2.24) is 14.8 Å². The number of rotatable bonds is 6. The number of hydrogen-bond donors (Lipinski definition) is 1. The van der Waals surface area contributed by atoms with E-state index in [-0.39, 0.29) is 22.6 Å². The van der Waals surface area contributed by atoms with Gasteiger partial charge in [0.05, 0.1) is 24.6 Å². The lowest BCUT2D eigenvalue weighted by Gasteiger charge is -2.16.